The number of hydrogen-bond donors (Lipinski definition) is 0. The minimum atomic E-state index is -0.576. The lowest BCUT2D eigenvalue weighted by atomic mass is 9.86. The highest BCUT2D eigenvalue weighted by Crippen LogP contribution is 2.43. The van der Waals surface area contributed by atoms with Gasteiger partial charge in [-0.2, -0.15) is 5.26 Å². The molecule has 8 heteroatoms. The van der Waals surface area contributed by atoms with Gasteiger partial charge in [-0.3, -0.25) is 9.69 Å². The van der Waals surface area contributed by atoms with Gasteiger partial charge in [-0.05, 0) is 42.8 Å². The van der Waals surface area contributed by atoms with E-state index in [2.05, 4.69) is 6.07 Å². The molecule has 4 rings (SSSR count). The van der Waals surface area contributed by atoms with Crippen molar-refractivity contribution in [3.8, 4) is 6.07 Å². The number of hydrogen-bond acceptors (Lipinski definition) is 6. The summed E-state index contributed by atoms with van der Waals surface area (Å²) in [6, 6.07) is 15.5. The van der Waals surface area contributed by atoms with Crippen LogP contribution in [0.4, 0.5) is 10.1 Å². The topological polar surface area (TPSA) is 73.6 Å². The van der Waals surface area contributed by atoms with Gasteiger partial charge in [0, 0.05) is 18.0 Å². The van der Waals surface area contributed by atoms with E-state index in [1.54, 1.807) is 42.2 Å². The Morgan fingerprint density at radius 3 is 2.68 bits per heavy atom. The highest BCUT2D eigenvalue weighted by Gasteiger charge is 2.39. The van der Waals surface area contributed by atoms with Crippen LogP contribution in [0.2, 0.25) is 0 Å². The Morgan fingerprint density at radius 1 is 1.26 bits per heavy atom. The Kier molecular flexibility index (Phi) is 5.96. The molecular weight excluding hydrogens is 417 g/mol. The molecule has 2 aromatic rings. The van der Waals surface area contributed by atoms with Crippen molar-refractivity contribution >= 4 is 29.3 Å². The van der Waals surface area contributed by atoms with Crippen LogP contribution in [0.5, 0.6) is 0 Å². The second-order valence-corrected chi connectivity index (χ2v) is 8.09. The number of anilines is 1. The highest BCUT2D eigenvalue weighted by atomic mass is 32.2. The van der Waals surface area contributed by atoms with Crippen molar-refractivity contribution in [3.05, 3.63) is 76.1 Å². The smallest absolute Gasteiger partial charge is 0.338 e. The lowest BCUT2D eigenvalue weighted by molar-refractivity contribution is -0.129. The largest absolute Gasteiger partial charge is 0.462 e. The number of ether oxygens (including phenoxy) is 1. The number of thioether (sulfide) groups is 1. The Labute approximate surface area is 183 Å². The summed E-state index contributed by atoms with van der Waals surface area (Å²) in [6.07, 6.45) is 0.0452. The predicted octanol–water partition coefficient (Wildman–Crippen LogP) is 4.22. The van der Waals surface area contributed by atoms with Crippen molar-refractivity contribution in [1.82, 2.24) is 4.90 Å². The van der Waals surface area contributed by atoms with Gasteiger partial charge in [-0.15, -0.1) is 0 Å². The van der Waals surface area contributed by atoms with E-state index in [0.717, 1.165) is 5.69 Å². The molecule has 1 saturated heterocycles. The summed E-state index contributed by atoms with van der Waals surface area (Å²) in [6.45, 7) is 2.35. The number of rotatable bonds is 4. The van der Waals surface area contributed by atoms with Crippen molar-refractivity contribution in [2.24, 2.45) is 0 Å². The number of fused-ring (bicyclic) bond motifs is 1. The van der Waals surface area contributed by atoms with E-state index in [9.17, 15) is 19.2 Å². The first-order chi connectivity index (χ1) is 15.0. The van der Waals surface area contributed by atoms with Gasteiger partial charge in [0.1, 0.15) is 5.82 Å². The minimum absolute atomic E-state index is 0.0452. The third-order valence-electron chi connectivity index (χ3n) is 5.32. The summed E-state index contributed by atoms with van der Waals surface area (Å²) >= 11 is 1.38. The second kappa shape index (κ2) is 8.82. The molecular formula is C23H20FN3O3S. The van der Waals surface area contributed by atoms with Crippen LogP contribution in [-0.4, -0.2) is 35.9 Å². The average molecular weight is 437 g/mol. The van der Waals surface area contributed by atoms with Crippen LogP contribution < -0.4 is 4.90 Å². The number of allylic oxidation sites excluding steroid dienone is 1. The van der Waals surface area contributed by atoms with Crippen LogP contribution in [0.25, 0.3) is 0 Å². The molecule has 0 aliphatic carbocycles. The molecule has 0 N–H and O–H groups in total. The number of halogens is 1. The summed E-state index contributed by atoms with van der Waals surface area (Å²) in [4.78, 5) is 28.4. The third-order valence-corrected chi connectivity index (χ3v) is 6.47. The first-order valence-corrected chi connectivity index (χ1v) is 10.9. The Morgan fingerprint density at radius 2 is 2.00 bits per heavy atom. The van der Waals surface area contributed by atoms with E-state index in [4.69, 9.17) is 4.74 Å². The molecule has 6 nitrogen and oxygen atoms in total. The zero-order valence-electron chi connectivity index (χ0n) is 16.9. The normalized spacial score (nSPS) is 18.5. The van der Waals surface area contributed by atoms with Gasteiger partial charge < -0.3 is 9.64 Å². The van der Waals surface area contributed by atoms with Gasteiger partial charge in [0.05, 0.1) is 41.4 Å². The van der Waals surface area contributed by atoms with Crippen LogP contribution >= 0.6 is 11.8 Å². The number of benzene rings is 2. The van der Waals surface area contributed by atoms with Crippen LogP contribution in [0, 0.1) is 17.1 Å². The molecule has 0 spiro atoms. The van der Waals surface area contributed by atoms with Gasteiger partial charge in [-0.1, -0.05) is 30.0 Å². The average Bonchev–Trinajstić information content (AvgIpc) is 2.79. The molecule has 1 atom stereocenters. The third kappa shape index (κ3) is 4.01. The number of nitrogens with zero attached hydrogens (tertiary/aromatic N) is 3. The Hall–Kier alpha value is -3.31. The fraction of sp³-hybridized carbons (Fsp3) is 0.261. The molecule has 0 saturated carbocycles. The van der Waals surface area contributed by atoms with Crippen molar-refractivity contribution in [2.45, 2.75) is 19.3 Å². The van der Waals surface area contributed by atoms with E-state index in [1.807, 2.05) is 17.0 Å². The summed E-state index contributed by atoms with van der Waals surface area (Å²) < 4.78 is 19.4. The van der Waals surface area contributed by atoms with Gasteiger partial charge in [0.2, 0.25) is 5.91 Å². The zero-order chi connectivity index (χ0) is 22.0. The second-order valence-electron chi connectivity index (χ2n) is 7.15. The summed E-state index contributed by atoms with van der Waals surface area (Å²) in [5.74, 6) is -0.995. The fourth-order valence-electron chi connectivity index (χ4n) is 3.77. The quantitative estimate of drug-likeness (QED) is 0.667. The zero-order valence-corrected chi connectivity index (χ0v) is 17.7. The van der Waals surface area contributed by atoms with Gasteiger partial charge in [0.15, 0.2) is 0 Å². The van der Waals surface area contributed by atoms with Crippen LogP contribution in [-0.2, 0) is 9.53 Å². The molecule has 2 heterocycles. The molecule has 2 aliphatic heterocycles. The Balaban J connectivity index is 1.58. The van der Waals surface area contributed by atoms with Gasteiger partial charge in [-0.25, -0.2) is 9.18 Å². The lowest BCUT2D eigenvalue weighted by Crippen LogP contribution is -2.47. The van der Waals surface area contributed by atoms with Crippen LogP contribution in [0.15, 0.2) is 59.1 Å². The number of amides is 1. The van der Waals surface area contributed by atoms with Crippen molar-refractivity contribution in [3.63, 3.8) is 0 Å². The number of carbonyl (C=O) groups is 2. The van der Waals surface area contributed by atoms with E-state index < -0.39 is 11.7 Å². The number of carbonyl (C=O) groups excluding carboxylic acids is 2. The van der Waals surface area contributed by atoms with Crippen molar-refractivity contribution < 1.29 is 18.7 Å². The summed E-state index contributed by atoms with van der Waals surface area (Å²) in [5.41, 5.74) is 2.11. The molecule has 1 amide bonds. The standard InChI is InChI=1S/C23H20FN3O3S/c1-2-30-23(29)15-7-9-16(10-8-15)26-13-27-21(28)11-18(17-5-3-4-6-20(17)24)19(12-25)22(27)31-14-26/h3-10,18H,2,11,13-14H2,1H3/t18-/m0/s1. The van der Waals surface area contributed by atoms with Crippen LogP contribution in [0.1, 0.15) is 35.2 Å². The molecule has 31 heavy (non-hydrogen) atoms. The first kappa shape index (κ1) is 20.9. The monoisotopic (exact) mass is 437 g/mol. The van der Waals surface area contributed by atoms with Crippen LogP contribution in [0.3, 0.4) is 0 Å². The summed E-state index contributed by atoms with van der Waals surface area (Å²) in [7, 11) is 0. The fourth-order valence-corrected chi connectivity index (χ4v) is 4.94. The number of nitriles is 1. The maximum Gasteiger partial charge on any atom is 0.338 e. The maximum absolute atomic E-state index is 14.4. The van der Waals surface area contributed by atoms with Crippen molar-refractivity contribution in [1.29, 1.82) is 5.26 Å². The van der Waals surface area contributed by atoms with E-state index in [0.29, 0.717) is 34.2 Å². The predicted molar refractivity (Wildman–Crippen MR) is 115 cm³/mol. The van der Waals surface area contributed by atoms with Gasteiger partial charge >= 0.3 is 5.97 Å². The summed E-state index contributed by atoms with van der Waals surface area (Å²) in [5, 5.41) is 10.4. The molecule has 0 bridgehead atoms. The van der Waals surface area contributed by atoms with E-state index in [-0.39, 0.29) is 25.0 Å². The molecule has 2 aliphatic rings. The molecule has 1 fully saturated rings. The Bertz CT molecular complexity index is 1090. The van der Waals surface area contributed by atoms with E-state index >= 15 is 0 Å². The minimum Gasteiger partial charge on any atom is -0.462 e. The number of esters is 1. The maximum atomic E-state index is 14.4. The molecule has 0 radical (unpaired) electrons. The SMILES string of the molecule is CCOC(=O)c1ccc(N2CSC3=C(C#N)[C@H](c4ccccc4F)CC(=O)N3C2)cc1. The van der Waals surface area contributed by atoms with E-state index in [1.165, 1.54) is 17.8 Å². The van der Waals surface area contributed by atoms with Gasteiger partial charge in [0.25, 0.3) is 0 Å². The molecule has 0 unspecified atom stereocenters. The first-order valence-electron chi connectivity index (χ1n) is 9.87. The molecule has 0 aromatic heterocycles. The van der Waals surface area contributed by atoms with Crippen molar-refractivity contribution in [2.75, 3.05) is 24.1 Å². The molecule has 158 valence electrons. The lowest BCUT2D eigenvalue weighted by Gasteiger charge is -2.42. The highest BCUT2D eigenvalue weighted by molar-refractivity contribution is 8.03. The molecule has 2 aromatic carbocycles.